The van der Waals surface area contributed by atoms with E-state index in [1.165, 1.54) is 44.5 Å². The van der Waals surface area contributed by atoms with Crippen LogP contribution in [-0.4, -0.2) is 48.1 Å². The second-order valence-electron chi connectivity index (χ2n) is 6.79. The van der Waals surface area contributed by atoms with Gasteiger partial charge in [-0.1, -0.05) is 36.8 Å². The van der Waals surface area contributed by atoms with Gasteiger partial charge >= 0.3 is 0 Å². The first-order valence-electron chi connectivity index (χ1n) is 8.52. The van der Waals surface area contributed by atoms with Crippen molar-refractivity contribution in [1.29, 1.82) is 0 Å². The van der Waals surface area contributed by atoms with E-state index in [-0.39, 0.29) is 6.04 Å². The number of fused-ring (bicyclic) bond motifs is 1. The maximum Gasteiger partial charge on any atom is 0.0307 e. The minimum atomic E-state index is 0.169. The minimum absolute atomic E-state index is 0.169. The SMILES string of the molecule is CC1CN2CCCCC2CN1CCC(N)c1ccccc1. The molecule has 3 atom stereocenters. The van der Waals surface area contributed by atoms with E-state index in [9.17, 15) is 0 Å². The molecule has 3 heteroatoms. The number of piperazine rings is 1. The Morgan fingerprint density at radius 2 is 2.00 bits per heavy atom. The third-order valence-corrected chi connectivity index (χ3v) is 5.27. The van der Waals surface area contributed by atoms with Crippen molar-refractivity contribution in [1.82, 2.24) is 9.80 Å². The number of benzene rings is 1. The molecular weight excluding hydrogens is 258 g/mol. The molecule has 0 amide bonds. The molecule has 2 heterocycles. The summed E-state index contributed by atoms with van der Waals surface area (Å²) in [5.74, 6) is 0. The highest BCUT2D eigenvalue weighted by Crippen LogP contribution is 2.25. The molecule has 0 aromatic heterocycles. The highest BCUT2D eigenvalue weighted by Gasteiger charge is 2.32. The summed E-state index contributed by atoms with van der Waals surface area (Å²) in [4.78, 5) is 5.37. The Balaban J connectivity index is 1.52. The van der Waals surface area contributed by atoms with Gasteiger partial charge < -0.3 is 5.73 Å². The number of hydrogen-bond donors (Lipinski definition) is 1. The number of nitrogens with zero attached hydrogens (tertiary/aromatic N) is 2. The van der Waals surface area contributed by atoms with E-state index in [4.69, 9.17) is 5.73 Å². The van der Waals surface area contributed by atoms with Crippen LogP contribution in [0.1, 0.15) is 44.2 Å². The van der Waals surface area contributed by atoms with E-state index in [1.54, 1.807) is 0 Å². The van der Waals surface area contributed by atoms with Crippen LogP contribution in [-0.2, 0) is 0 Å². The van der Waals surface area contributed by atoms with Gasteiger partial charge in [0.1, 0.15) is 0 Å². The van der Waals surface area contributed by atoms with Crippen LogP contribution in [0.15, 0.2) is 30.3 Å². The van der Waals surface area contributed by atoms with Crippen LogP contribution in [0.5, 0.6) is 0 Å². The Hall–Kier alpha value is -0.900. The van der Waals surface area contributed by atoms with Gasteiger partial charge in [-0.15, -0.1) is 0 Å². The standard InChI is InChI=1S/C18H29N3/c1-15-13-21-11-6-5-9-17(21)14-20(15)12-10-18(19)16-7-3-2-4-8-16/h2-4,7-8,15,17-18H,5-6,9-14,19H2,1H3. The molecule has 0 spiro atoms. The van der Waals surface area contributed by atoms with Gasteiger partial charge in [-0.2, -0.15) is 0 Å². The summed E-state index contributed by atoms with van der Waals surface area (Å²) in [7, 11) is 0. The Kier molecular flexibility index (Phi) is 4.94. The number of rotatable bonds is 4. The predicted molar refractivity (Wildman–Crippen MR) is 88.2 cm³/mol. The lowest BCUT2D eigenvalue weighted by atomic mass is 9.96. The topological polar surface area (TPSA) is 32.5 Å². The van der Waals surface area contributed by atoms with Crippen LogP contribution in [0.2, 0.25) is 0 Å². The lowest BCUT2D eigenvalue weighted by Gasteiger charge is -2.47. The van der Waals surface area contributed by atoms with Gasteiger partial charge in [0.15, 0.2) is 0 Å². The summed E-state index contributed by atoms with van der Waals surface area (Å²) in [6.45, 7) is 7.29. The monoisotopic (exact) mass is 287 g/mol. The fourth-order valence-electron chi connectivity index (χ4n) is 3.90. The van der Waals surface area contributed by atoms with E-state index in [1.807, 2.05) is 0 Å². The Labute approximate surface area is 129 Å². The molecule has 2 saturated heterocycles. The second-order valence-corrected chi connectivity index (χ2v) is 6.79. The lowest BCUT2D eigenvalue weighted by Crippen LogP contribution is -2.58. The summed E-state index contributed by atoms with van der Waals surface area (Å²) in [6.07, 6.45) is 5.24. The zero-order chi connectivity index (χ0) is 14.7. The van der Waals surface area contributed by atoms with Gasteiger partial charge in [-0.05, 0) is 38.3 Å². The molecule has 2 aliphatic heterocycles. The van der Waals surface area contributed by atoms with Crippen molar-refractivity contribution < 1.29 is 0 Å². The van der Waals surface area contributed by atoms with Crippen molar-refractivity contribution in [3.05, 3.63) is 35.9 Å². The highest BCUT2D eigenvalue weighted by atomic mass is 15.3. The first-order valence-corrected chi connectivity index (χ1v) is 8.52. The minimum Gasteiger partial charge on any atom is -0.324 e. The third kappa shape index (κ3) is 3.65. The average molecular weight is 287 g/mol. The fraction of sp³-hybridized carbons (Fsp3) is 0.667. The van der Waals surface area contributed by atoms with Gasteiger partial charge in [0.05, 0.1) is 0 Å². The lowest BCUT2D eigenvalue weighted by molar-refractivity contribution is 0.0141. The Morgan fingerprint density at radius 1 is 1.19 bits per heavy atom. The number of hydrogen-bond acceptors (Lipinski definition) is 3. The summed E-state index contributed by atoms with van der Waals surface area (Å²) in [5.41, 5.74) is 7.62. The number of piperidine rings is 1. The van der Waals surface area contributed by atoms with Crippen LogP contribution in [0.25, 0.3) is 0 Å². The first kappa shape index (κ1) is 15.0. The van der Waals surface area contributed by atoms with Crippen molar-refractivity contribution in [2.75, 3.05) is 26.2 Å². The van der Waals surface area contributed by atoms with E-state index in [0.29, 0.717) is 6.04 Å². The molecule has 0 bridgehead atoms. The van der Waals surface area contributed by atoms with Crippen LogP contribution in [0.4, 0.5) is 0 Å². The number of nitrogens with two attached hydrogens (primary N) is 1. The summed E-state index contributed by atoms with van der Waals surface area (Å²) < 4.78 is 0. The molecule has 0 aliphatic carbocycles. The van der Waals surface area contributed by atoms with Crippen molar-refractivity contribution in [3.63, 3.8) is 0 Å². The molecule has 0 radical (unpaired) electrons. The van der Waals surface area contributed by atoms with Crippen molar-refractivity contribution in [2.45, 2.75) is 50.7 Å². The largest absolute Gasteiger partial charge is 0.324 e. The molecule has 3 nitrogen and oxygen atoms in total. The predicted octanol–water partition coefficient (Wildman–Crippen LogP) is 2.64. The van der Waals surface area contributed by atoms with Crippen molar-refractivity contribution >= 4 is 0 Å². The molecule has 2 fully saturated rings. The van der Waals surface area contributed by atoms with Crippen molar-refractivity contribution in [3.8, 4) is 0 Å². The summed E-state index contributed by atoms with van der Waals surface area (Å²) in [5, 5.41) is 0. The third-order valence-electron chi connectivity index (χ3n) is 5.27. The molecule has 1 aromatic carbocycles. The second kappa shape index (κ2) is 6.91. The highest BCUT2D eigenvalue weighted by molar-refractivity contribution is 5.18. The van der Waals surface area contributed by atoms with Crippen LogP contribution >= 0.6 is 0 Å². The molecule has 1 aromatic rings. The smallest absolute Gasteiger partial charge is 0.0307 e. The summed E-state index contributed by atoms with van der Waals surface area (Å²) in [6, 6.07) is 12.1. The maximum absolute atomic E-state index is 6.35. The first-order chi connectivity index (χ1) is 10.2. The quantitative estimate of drug-likeness (QED) is 0.924. The zero-order valence-electron chi connectivity index (χ0n) is 13.2. The summed E-state index contributed by atoms with van der Waals surface area (Å²) >= 11 is 0. The van der Waals surface area contributed by atoms with Crippen LogP contribution in [0.3, 0.4) is 0 Å². The molecule has 2 N–H and O–H groups in total. The molecule has 3 unspecified atom stereocenters. The molecule has 3 rings (SSSR count). The Morgan fingerprint density at radius 3 is 2.81 bits per heavy atom. The van der Waals surface area contributed by atoms with E-state index >= 15 is 0 Å². The molecule has 0 saturated carbocycles. The fourth-order valence-corrected chi connectivity index (χ4v) is 3.90. The molecule has 2 aliphatic rings. The van der Waals surface area contributed by atoms with Gasteiger partial charge in [0.2, 0.25) is 0 Å². The van der Waals surface area contributed by atoms with Gasteiger partial charge in [0.25, 0.3) is 0 Å². The molecule has 21 heavy (non-hydrogen) atoms. The van der Waals surface area contributed by atoms with Gasteiger partial charge in [-0.25, -0.2) is 0 Å². The maximum atomic E-state index is 6.35. The average Bonchev–Trinajstić information content (AvgIpc) is 2.53. The van der Waals surface area contributed by atoms with E-state index < -0.39 is 0 Å². The van der Waals surface area contributed by atoms with Gasteiger partial charge in [-0.3, -0.25) is 9.80 Å². The van der Waals surface area contributed by atoms with Crippen LogP contribution in [0, 0.1) is 0 Å². The van der Waals surface area contributed by atoms with Crippen LogP contribution < -0.4 is 5.73 Å². The van der Waals surface area contributed by atoms with Gasteiger partial charge in [0, 0.05) is 37.8 Å². The van der Waals surface area contributed by atoms with E-state index in [0.717, 1.165) is 19.0 Å². The molecular formula is C18H29N3. The Bertz CT molecular complexity index is 433. The molecule has 116 valence electrons. The zero-order valence-corrected chi connectivity index (χ0v) is 13.2. The normalized spacial score (nSPS) is 29.0. The van der Waals surface area contributed by atoms with E-state index in [2.05, 4.69) is 47.1 Å². The van der Waals surface area contributed by atoms with Crippen molar-refractivity contribution in [2.24, 2.45) is 5.73 Å².